The Hall–Kier alpha value is -2.18. The molecule has 2 aromatic carbocycles. The molecule has 0 saturated carbocycles. The van der Waals surface area contributed by atoms with Crippen LogP contribution in [0.4, 0.5) is 0 Å². The van der Waals surface area contributed by atoms with Crippen LogP contribution >= 0.6 is 11.3 Å². The van der Waals surface area contributed by atoms with Crippen LogP contribution < -0.4 is 10.1 Å². The molecule has 30 heavy (non-hydrogen) atoms. The van der Waals surface area contributed by atoms with E-state index in [0.29, 0.717) is 13.2 Å². The van der Waals surface area contributed by atoms with Gasteiger partial charge >= 0.3 is 0 Å². The van der Waals surface area contributed by atoms with Gasteiger partial charge in [-0.1, -0.05) is 42.5 Å². The molecule has 4 nitrogen and oxygen atoms in total. The lowest BCUT2D eigenvalue weighted by atomic mass is 10.00. The topological polar surface area (TPSA) is 44.7 Å². The van der Waals surface area contributed by atoms with Crippen molar-refractivity contribution in [3.63, 3.8) is 0 Å². The number of rotatable bonds is 10. The van der Waals surface area contributed by atoms with Crippen LogP contribution in [0.1, 0.15) is 21.6 Å². The molecule has 0 spiro atoms. The van der Waals surface area contributed by atoms with Crippen molar-refractivity contribution in [2.75, 3.05) is 26.2 Å². The minimum Gasteiger partial charge on any atom is -0.491 e. The Morgan fingerprint density at radius 3 is 2.67 bits per heavy atom. The van der Waals surface area contributed by atoms with E-state index in [9.17, 15) is 5.11 Å². The predicted molar refractivity (Wildman–Crippen MR) is 123 cm³/mol. The molecular formula is C25H30N2O2S. The maximum absolute atomic E-state index is 10.4. The Kier molecular flexibility index (Phi) is 7.54. The summed E-state index contributed by atoms with van der Waals surface area (Å²) in [6, 6.07) is 21.0. The van der Waals surface area contributed by atoms with Crippen LogP contribution in [0.3, 0.4) is 0 Å². The summed E-state index contributed by atoms with van der Waals surface area (Å²) >= 11 is 1.81. The van der Waals surface area contributed by atoms with E-state index in [1.165, 1.54) is 21.6 Å². The number of hydrogen-bond acceptors (Lipinski definition) is 5. The van der Waals surface area contributed by atoms with E-state index in [1.54, 1.807) is 11.3 Å². The van der Waals surface area contributed by atoms with Gasteiger partial charge in [-0.05, 0) is 53.1 Å². The molecule has 0 aliphatic carbocycles. The monoisotopic (exact) mass is 422 g/mol. The summed E-state index contributed by atoms with van der Waals surface area (Å²) in [7, 11) is 0. The largest absolute Gasteiger partial charge is 0.491 e. The molecule has 4 rings (SSSR count). The van der Waals surface area contributed by atoms with E-state index in [2.05, 4.69) is 64.1 Å². The van der Waals surface area contributed by atoms with Crippen LogP contribution in [0.25, 0.3) is 0 Å². The average molecular weight is 423 g/mol. The molecule has 1 aliphatic rings. The standard InChI is InChI=1S/C25H30N2O2S/c28-23(18-27-14-12-21-4-1-2-5-22(21)17-27)19-29-24-9-7-20(8-10-24)16-26-13-11-25-6-3-15-30-25/h1-10,15,23,26,28H,11-14,16-19H2. The van der Waals surface area contributed by atoms with E-state index in [0.717, 1.165) is 44.8 Å². The lowest BCUT2D eigenvalue weighted by Gasteiger charge is -2.30. The fourth-order valence-electron chi connectivity index (χ4n) is 3.86. The third-order valence-electron chi connectivity index (χ3n) is 5.50. The van der Waals surface area contributed by atoms with Gasteiger partial charge < -0.3 is 15.2 Å². The number of β-amino-alcohol motifs (C(OH)–C–C–N with tert-alkyl or cyclic N) is 1. The summed E-state index contributed by atoms with van der Waals surface area (Å²) in [6.45, 7) is 4.68. The smallest absolute Gasteiger partial charge is 0.119 e. The predicted octanol–water partition coefficient (Wildman–Crippen LogP) is 3.88. The number of ether oxygens (including phenoxy) is 1. The molecule has 1 aromatic heterocycles. The molecule has 158 valence electrons. The Balaban J connectivity index is 1.15. The van der Waals surface area contributed by atoms with Gasteiger partial charge in [-0.25, -0.2) is 0 Å². The second-order valence-corrected chi connectivity index (χ2v) is 8.90. The lowest BCUT2D eigenvalue weighted by molar-refractivity contribution is 0.0638. The van der Waals surface area contributed by atoms with Gasteiger partial charge in [0, 0.05) is 37.6 Å². The Morgan fingerprint density at radius 2 is 1.87 bits per heavy atom. The summed E-state index contributed by atoms with van der Waals surface area (Å²) in [5.74, 6) is 0.806. The van der Waals surface area contributed by atoms with Crippen molar-refractivity contribution in [3.8, 4) is 5.75 Å². The highest BCUT2D eigenvalue weighted by atomic mass is 32.1. The fraction of sp³-hybridized carbons (Fsp3) is 0.360. The van der Waals surface area contributed by atoms with E-state index in [1.807, 2.05) is 12.1 Å². The summed E-state index contributed by atoms with van der Waals surface area (Å²) < 4.78 is 5.81. The Morgan fingerprint density at radius 1 is 1.03 bits per heavy atom. The molecule has 0 saturated heterocycles. The third kappa shape index (κ3) is 6.16. The van der Waals surface area contributed by atoms with Crippen molar-refractivity contribution in [1.29, 1.82) is 0 Å². The number of aliphatic hydroxyl groups is 1. The average Bonchev–Trinajstić information content (AvgIpc) is 3.30. The number of nitrogens with one attached hydrogen (secondary N) is 1. The maximum atomic E-state index is 10.4. The van der Waals surface area contributed by atoms with Gasteiger partial charge in [0.25, 0.3) is 0 Å². The van der Waals surface area contributed by atoms with Crippen LogP contribution in [-0.2, 0) is 25.9 Å². The fourth-order valence-corrected chi connectivity index (χ4v) is 4.56. The molecular weight excluding hydrogens is 392 g/mol. The maximum Gasteiger partial charge on any atom is 0.119 e. The highest BCUT2D eigenvalue weighted by Gasteiger charge is 2.18. The van der Waals surface area contributed by atoms with Crippen LogP contribution in [0.2, 0.25) is 0 Å². The molecule has 1 aliphatic heterocycles. The number of benzene rings is 2. The molecule has 0 amide bonds. The second kappa shape index (κ2) is 10.7. The first-order valence-corrected chi connectivity index (χ1v) is 11.6. The minimum atomic E-state index is -0.492. The van der Waals surface area contributed by atoms with Gasteiger partial charge in [0.2, 0.25) is 0 Å². The van der Waals surface area contributed by atoms with Gasteiger partial charge in [0.1, 0.15) is 18.5 Å². The van der Waals surface area contributed by atoms with Gasteiger partial charge in [0.15, 0.2) is 0 Å². The number of nitrogens with zero attached hydrogens (tertiary/aromatic N) is 1. The van der Waals surface area contributed by atoms with Crippen molar-refractivity contribution in [2.24, 2.45) is 0 Å². The zero-order valence-electron chi connectivity index (χ0n) is 17.3. The van der Waals surface area contributed by atoms with Crippen molar-refractivity contribution in [2.45, 2.75) is 32.0 Å². The van der Waals surface area contributed by atoms with Crippen molar-refractivity contribution in [3.05, 3.63) is 87.6 Å². The first-order valence-electron chi connectivity index (χ1n) is 10.7. The van der Waals surface area contributed by atoms with Gasteiger partial charge in [-0.3, -0.25) is 4.90 Å². The number of aliphatic hydroxyl groups excluding tert-OH is 1. The van der Waals surface area contributed by atoms with Crippen LogP contribution in [0, 0.1) is 0 Å². The van der Waals surface area contributed by atoms with Gasteiger partial charge in [0.05, 0.1) is 0 Å². The normalized spacial score (nSPS) is 15.0. The van der Waals surface area contributed by atoms with E-state index >= 15 is 0 Å². The summed E-state index contributed by atoms with van der Waals surface area (Å²) in [5.41, 5.74) is 4.04. The van der Waals surface area contributed by atoms with Gasteiger partial charge in [-0.2, -0.15) is 0 Å². The van der Waals surface area contributed by atoms with Crippen molar-refractivity contribution in [1.82, 2.24) is 10.2 Å². The summed E-state index contributed by atoms with van der Waals surface area (Å²) in [5, 5.41) is 16.0. The third-order valence-corrected chi connectivity index (χ3v) is 6.44. The first-order chi connectivity index (χ1) is 14.8. The molecule has 5 heteroatoms. The highest BCUT2D eigenvalue weighted by Crippen LogP contribution is 2.19. The molecule has 2 heterocycles. The van der Waals surface area contributed by atoms with Crippen LogP contribution in [0.15, 0.2) is 66.0 Å². The van der Waals surface area contributed by atoms with E-state index < -0.39 is 6.10 Å². The molecule has 0 fully saturated rings. The zero-order valence-corrected chi connectivity index (χ0v) is 18.1. The highest BCUT2D eigenvalue weighted by molar-refractivity contribution is 7.09. The minimum absolute atomic E-state index is 0.316. The molecule has 0 radical (unpaired) electrons. The van der Waals surface area contributed by atoms with Crippen LogP contribution in [-0.4, -0.2) is 42.4 Å². The molecule has 1 unspecified atom stereocenters. The quantitative estimate of drug-likeness (QED) is 0.487. The van der Waals surface area contributed by atoms with Crippen molar-refractivity contribution < 1.29 is 9.84 Å². The zero-order chi connectivity index (χ0) is 20.6. The summed E-state index contributed by atoms with van der Waals surface area (Å²) in [4.78, 5) is 3.72. The van der Waals surface area contributed by atoms with Crippen molar-refractivity contribution >= 4 is 11.3 Å². The SMILES string of the molecule is OC(COc1ccc(CNCCc2cccs2)cc1)CN1CCc2ccccc2C1. The Bertz CT molecular complexity index is 896. The first kappa shape index (κ1) is 21.1. The van der Waals surface area contributed by atoms with Gasteiger partial charge in [-0.15, -0.1) is 11.3 Å². The van der Waals surface area contributed by atoms with E-state index in [4.69, 9.17) is 4.74 Å². The second-order valence-electron chi connectivity index (χ2n) is 7.87. The molecule has 0 bridgehead atoms. The molecule has 2 N–H and O–H groups in total. The van der Waals surface area contributed by atoms with Crippen LogP contribution in [0.5, 0.6) is 5.75 Å². The summed E-state index contributed by atoms with van der Waals surface area (Å²) in [6.07, 6.45) is 1.63. The van der Waals surface area contributed by atoms with E-state index in [-0.39, 0.29) is 0 Å². The number of thiophene rings is 1. The lowest BCUT2D eigenvalue weighted by Crippen LogP contribution is -2.38. The number of hydrogen-bond donors (Lipinski definition) is 2. The molecule has 3 aromatic rings. The number of fused-ring (bicyclic) bond motifs is 1. The molecule has 1 atom stereocenters. The Labute approximate surface area is 183 Å².